The number of rotatable bonds is 3. The highest BCUT2D eigenvalue weighted by Gasteiger charge is 2.27. The van der Waals surface area contributed by atoms with Gasteiger partial charge in [-0.25, -0.2) is 4.79 Å². The van der Waals surface area contributed by atoms with Crippen LogP contribution in [0.4, 0.5) is 0 Å². The third kappa shape index (κ3) is 2.67. The summed E-state index contributed by atoms with van der Waals surface area (Å²) in [5.74, 6) is -0.821. The quantitative estimate of drug-likeness (QED) is 0.928. The van der Waals surface area contributed by atoms with Crippen LogP contribution in [-0.4, -0.2) is 44.8 Å². The van der Waals surface area contributed by atoms with Crippen LogP contribution in [0, 0.1) is 0 Å². The predicted octanol–water partition coefficient (Wildman–Crippen LogP) is 1.65. The molecule has 7 nitrogen and oxygen atoms in total. The molecule has 0 radical (unpaired) electrons. The van der Waals surface area contributed by atoms with Crippen molar-refractivity contribution in [3.63, 3.8) is 0 Å². The standard InChI is InChI=1S/C14H15N3O4/c18-13(12-4-2-6-21-12)16-5-1-3-11(9-16)17-8-10(7-15-17)14(19)20/h2,4,6-8,11H,1,3,5,9H2,(H,19,20)/t11-/m1/s1. The van der Waals surface area contributed by atoms with Gasteiger partial charge in [0.1, 0.15) is 0 Å². The van der Waals surface area contributed by atoms with E-state index in [0.29, 0.717) is 18.8 Å². The minimum absolute atomic E-state index is 0.00855. The van der Waals surface area contributed by atoms with Crippen LogP contribution in [0.15, 0.2) is 35.2 Å². The van der Waals surface area contributed by atoms with Crippen molar-refractivity contribution < 1.29 is 19.1 Å². The fourth-order valence-electron chi connectivity index (χ4n) is 2.56. The smallest absolute Gasteiger partial charge is 0.338 e. The number of likely N-dealkylation sites (tertiary alicyclic amines) is 1. The summed E-state index contributed by atoms with van der Waals surface area (Å²) in [6, 6.07) is 3.31. The van der Waals surface area contributed by atoms with Gasteiger partial charge < -0.3 is 14.4 Å². The first kappa shape index (κ1) is 13.4. The molecule has 1 amide bonds. The van der Waals surface area contributed by atoms with E-state index in [-0.39, 0.29) is 17.5 Å². The van der Waals surface area contributed by atoms with E-state index in [1.807, 2.05) is 0 Å². The van der Waals surface area contributed by atoms with Crippen molar-refractivity contribution in [1.82, 2.24) is 14.7 Å². The van der Waals surface area contributed by atoms with Crippen molar-refractivity contribution in [2.45, 2.75) is 18.9 Å². The number of carboxylic acids is 1. The molecule has 0 spiro atoms. The first-order valence-corrected chi connectivity index (χ1v) is 6.75. The topological polar surface area (TPSA) is 88.6 Å². The molecule has 0 bridgehead atoms. The van der Waals surface area contributed by atoms with Crippen LogP contribution in [0.1, 0.15) is 39.8 Å². The SMILES string of the molecule is O=C(O)c1cnn([C@@H]2CCCN(C(=O)c3ccco3)C2)c1. The molecule has 3 rings (SSSR count). The molecule has 2 aromatic heterocycles. The molecular weight excluding hydrogens is 274 g/mol. The van der Waals surface area contributed by atoms with Gasteiger partial charge >= 0.3 is 5.97 Å². The van der Waals surface area contributed by atoms with Gasteiger partial charge in [0.2, 0.25) is 0 Å². The van der Waals surface area contributed by atoms with Crippen LogP contribution >= 0.6 is 0 Å². The fourth-order valence-corrected chi connectivity index (χ4v) is 2.56. The zero-order valence-corrected chi connectivity index (χ0v) is 11.3. The number of piperidine rings is 1. The van der Waals surface area contributed by atoms with E-state index in [4.69, 9.17) is 9.52 Å². The average Bonchev–Trinajstić information content (AvgIpc) is 3.18. The lowest BCUT2D eigenvalue weighted by Crippen LogP contribution is -2.40. The second-order valence-electron chi connectivity index (χ2n) is 5.04. The van der Waals surface area contributed by atoms with Gasteiger partial charge in [0.25, 0.3) is 5.91 Å². The minimum Gasteiger partial charge on any atom is -0.478 e. The number of hydrogen-bond acceptors (Lipinski definition) is 4. The Labute approximate surface area is 120 Å². The highest BCUT2D eigenvalue weighted by Crippen LogP contribution is 2.22. The van der Waals surface area contributed by atoms with Crippen LogP contribution in [0.25, 0.3) is 0 Å². The van der Waals surface area contributed by atoms with Crippen molar-refractivity contribution in [2.24, 2.45) is 0 Å². The Kier molecular flexibility index (Phi) is 3.47. The third-order valence-electron chi connectivity index (χ3n) is 3.64. The first-order chi connectivity index (χ1) is 10.1. The van der Waals surface area contributed by atoms with Gasteiger partial charge in [-0.3, -0.25) is 9.48 Å². The van der Waals surface area contributed by atoms with E-state index in [1.165, 1.54) is 18.7 Å². The molecule has 1 fully saturated rings. The molecule has 3 heterocycles. The van der Waals surface area contributed by atoms with Crippen molar-refractivity contribution >= 4 is 11.9 Å². The molecule has 7 heteroatoms. The number of aromatic carboxylic acids is 1. The summed E-state index contributed by atoms with van der Waals surface area (Å²) < 4.78 is 6.76. The van der Waals surface area contributed by atoms with Crippen LogP contribution in [0.5, 0.6) is 0 Å². The molecule has 2 aromatic rings. The summed E-state index contributed by atoms with van der Waals surface area (Å²) >= 11 is 0. The Balaban J connectivity index is 1.73. The molecular formula is C14H15N3O4. The highest BCUT2D eigenvalue weighted by molar-refractivity contribution is 5.91. The molecule has 1 aliphatic rings. The summed E-state index contributed by atoms with van der Waals surface area (Å²) in [6.45, 7) is 1.17. The molecule has 1 aliphatic heterocycles. The summed E-state index contributed by atoms with van der Waals surface area (Å²) in [7, 11) is 0. The lowest BCUT2D eigenvalue weighted by molar-refractivity contribution is 0.0637. The maximum absolute atomic E-state index is 12.3. The second kappa shape index (κ2) is 5.43. The van der Waals surface area contributed by atoms with Crippen LogP contribution < -0.4 is 0 Å². The number of carbonyl (C=O) groups is 2. The molecule has 1 saturated heterocycles. The molecule has 0 unspecified atom stereocenters. The maximum Gasteiger partial charge on any atom is 0.338 e. The van der Waals surface area contributed by atoms with Crippen LogP contribution in [0.3, 0.4) is 0 Å². The molecule has 1 atom stereocenters. The fraction of sp³-hybridized carbons (Fsp3) is 0.357. The summed E-state index contributed by atoms with van der Waals surface area (Å²) in [5.41, 5.74) is 0.157. The number of nitrogens with zero attached hydrogens (tertiary/aromatic N) is 3. The number of hydrogen-bond donors (Lipinski definition) is 1. The molecule has 110 valence electrons. The monoisotopic (exact) mass is 289 g/mol. The maximum atomic E-state index is 12.3. The van der Waals surface area contributed by atoms with Crippen LogP contribution in [0.2, 0.25) is 0 Å². The zero-order valence-electron chi connectivity index (χ0n) is 11.3. The number of carboxylic acid groups (broad SMARTS) is 1. The second-order valence-corrected chi connectivity index (χ2v) is 5.04. The number of aromatic nitrogens is 2. The normalized spacial score (nSPS) is 18.7. The number of furan rings is 1. The van der Waals surface area contributed by atoms with Gasteiger partial charge in [-0.15, -0.1) is 0 Å². The summed E-state index contributed by atoms with van der Waals surface area (Å²) in [5, 5.41) is 13.0. The van der Waals surface area contributed by atoms with Crippen molar-refractivity contribution in [2.75, 3.05) is 13.1 Å². The minimum atomic E-state index is -0.999. The summed E-state index contributed by atoms with van der Waals surface area (Å²) in [4.78, 5) is 24.9. The Hall–Kier alpha value is -2.57. The van der Waals surface area contributed by atoms with Gasteiger partial charge in [-0.2, -0.15) is 5.10 Å². The van der Waals surface area contributed by atoms with Crippen LogP contribution in [-0.2, 0) is 0 Å². The Morgan fingerprint density at radius 2 is 2.29 bits per heavy atom. The number of amides is 1. The Morgan fingerprint density at radius 1 is 1.43 bits per heavy atom. The van der Waals surface area contributed by atoms with Crippen molar-refractivity contribution in [1.29, 1.82) is 0 Å². The van der Waals surface area contributed by atoms with Crippen molar-refractivity contribution in [3.05, 3.63) is 42.1 Å². The van der Waals surface area contributed by atoms with E-state index < -0.39 is 5.97 Å². The predicted molar refractivity (Wildman–Crippen MR) is 72.1 cm³/mol. The lowest BCUT2D eigenvalue weighted by Gasteiger charge is -2.32. The van der Waals surface area contributed by atoms with Gasteiger partial charge in [0, 0.05) is 19.3 Å². The molecule has 0 saturated carbocycles. The Morgan fingerprint density at radius 3 is 2.95 bits per heavy atom. The van der Waals surface area contributed by atoms with E-state index in [1.54, 1.807) is 21.7 Å². The van der Waals surface area contributed by atoms with E-state index in [2.05, 4.69) is 5.10 Å². The van der Waals surface area contributed by atoms with E-state index in [9.17, 15) is 9.59 Å². The Bertz CT molecular complexity index is 647. The van der Waals surface area contributed by atoms with E-state index >= 15 is 0 Å². The van der Waals surface area contributed by atoms with E-state index in [0.717, 1.165) is 12.8 Å². The van der Waals surface area contributed by atoms with Crippen molar-refractivity contribution in [3.8, 4) is 0 Å². The van der Waals surface area contributed by atoms with Gasteiger partial charge in [0.15, 0.2) is 5.76 Å². The zero-order chi connectivity index (χ0) is 14.8. The summed E-state index contributed by atoms with van der Waals surface area (Å²) in [6.07, 6.45) is 6.02. The molecule has 21 heavy (non-hydrogen) atoms. The van der Waals surface area contributed by atoms with Gasteiger partial charge in [-0.05, 0) is 25.0 Å². The van der Waals surface area contributed by atoms with Gasteiger partial charge in [-0.1, -0.05) is 0 Å². The molecule has 0 aliphatic carbocycles. The molecule has 1 N–H and O–H groups in total. The number of carbonyl (C=O) groups excluding carboxylic acids is 1. The van der Waals surface area contributed by atoms with Gasteiger partial charge in [0.05, 0.1) is 24.1 Å². The average molecular weight is 289 g/mol. The largest absolute Gasteiger partial charge is 0.478 e. The lowest BCUT2D eigenvalue weighted by atomic mass is 10.1. The molecule has 0 aromatic carbocycles. The first-order valence-electron chi connectivity index (χ1n) is 6.75. The third-order valence-corrected chi connectivity index (χ3v) is 3.64. The highest BCUT2D eigenvalue weighted by atomic mass is 16.4.